The van der Waals surface area contributed by atoms with Gasteiger partial charge in [-0.3, -0.25) is 10.1 Å². The van der Waals surface area contributed by atoms with E-state index in [9.17, 15) is 9.18 Å². The van der Waals surface area contributed by atoms with Crippen molar-refractivity contribution in [3.05, 3.63) is 70.5 Å². The standard InChI is InChI=1S/C17H13FN6OS/c1-10-6-7-19-16-21-14(23-24(10)16)15(25)22-17-20-9-13(26-17)8-11-2-4-12(18)5-3-11/h2-7,9H,8H2,1H3,(H,20,22,25). The van der Waals surface area contributed by atoms with E-state index in [0.29, 0.717) is 17.3 Å². The Labute approximate surface area is 151 Å². The predicted octanol–water partition coefficient (Wildman–Crippen LogP) is 2.87. The second-order valence-corrected chi connectivity index (χ2v) is 6.74. The molecule has 0 saturated carbocycles. The van der Waals surface area contributed by atoms with E-state index in [1.165, 1.54) is 28.0 Å². The number of nitrogens with one attached hydrogen (secondary N) is 1. The number of aryl methyl sites for hydroxylation is 1. The van der Waals surface area contributed by atoms with Crippen LogP contribution in [0.5, 0.6) is 0 Å². The molecule has 0 aliphatic carbocycles. The second kappa shape index (κ2) is 6.60. The second-order valence-electron chi connectivity index (χ2n) is 5.62. The summed E-state index contributed by atoms with van der Waals surface area (Å²) in [6, 6.07) is 8.08. The number of anilines is 1. The van der Waals surface area contributed by atoms with Gasteiger partial charge in [0.15, 0.2) is 5.13 Å². The average molecular weight is 368 g/mol. The van der Waals surface area contributed by atoms with Gasteiger partial charge in [-0.1, -0.05) is 12.1 Å². The molecule has 0 fully saturated rings. The maximum absolute atomic E-state index is 13.0. The molecule has 0 atom stereocenters. The Morgan fingerprint density at radius 1 is 1.23 bits per heavy atom. The lowest BCUT2D eigenvalue weighted by Gasteiger charge is -1.98. The monoisotopic (exact) mass is 368 g/mol. The van der Waals surface area contributed by atoms with Crippen LogP contribution in [-0.4, -0.2) is 30.5 Å². The lowest BCUT2D eigenvalue weighted by molar-refractivity contribution is 0.101. The number of aromatic nitrogens is 5. The van der Waals surface area contributed by atoms with Gasteiger partial charge in [-0.15, -0.1) is 16.4 Å². The average Bonchev–Trinajstić information content (AvgIpc) is 3.25. The van der Waals surface area contributed by atoms with Crippen LogP contribution in [0.15, 0.2) is 42.7 Å². The van der Waals surface area contributed by atoms with E-state index in [4.69, 9.17) is 0 Å². The van der Waals surface area contributed by atoms with Gasteiger partial charge in [0.1, 0.15) is 5.82 Å². The first-order valence-electron chi connectivity index (χ1n) is 7.77. The number of amides is 1. The molecule has 0 unspecified atom stereocenters. The molecule has 3 aromatic heterocycles. The van der Waals surface area contributed by atoms with Crippen molar-refractivity contribution in [2.24, 2.45) is 0 Å². The van der Waals surface area contributed by atoms with E-state index in [2.05, 4.69) is 25.4 Å². The zero-order valence-electron chi connectivity index (χ0n) is 13.7. The quantitative estimate of drug-likeness (QED) is 0.599. The summed E-state index contributed by atoms with van der Waals surface area (Å²) >= 11 is 1.35. The lowest BCUT2D eigenvalue weighted by Crippen LogP contribution is -2.13. The number of fused-ring (bicyclic) bond motifs is 1. The normalized spacial score (nSPS) is 11.0. The summed E-state index contributed by atoms with van der Waals surface area (Å²) in [5.41, 5.74) is 1.80. The van der Waals surface area contributed by atoms with E-state index in [0.717, 1.165) is 16.1 Å². The van der Waals surface area contributed by atoms with Crippen LogP contribution in [0.2, 0.25) is 0 Å². The number of carbonyl (C=O) groups is 1. The molecule has 0 aliphatic heterocycles. The fourth-order valence-corrected chi connectivity index (χ4v) is 3.25. The Kier molecular flexibility index (Phi) is 4.13. The minimum Gasteiger partial charge on any atom is -0.295 e. The maximum atomic E-state index is 13.0. The summed E-state index contributed by atoms with van der Waals surface area (Å²) < 4.78 is 14.5. The Hall–Kier alpha value is -3.20. The van der Waals surface area contributed by atoms with Gasteiger partial charge in [-0.05, 0) is 30.7 Å². The maximum Gasteiger partial charge on any atom is 0.297 e. The van der Waals surface area contributed by atoms with Crippen molar-refractivity contribution in [1.29, 1.82) is 0 Å². The molecule has 0 radical (unpaired) electrons. The molecule has 4 aromatic rings. The van der Waals surface area contributed by atoms with E-state index in [1.807, 2.05) is 6.92 Å². The van der Waals surface area contributed by atoms with Gasteiger partial charge in [-0.25, -0.2) is 18.9 Å². The van der Waals surface area contributed by atoms with Crippen molar-refractivity contribution >= 4 is 28.2 Å². The SMILES string of the molecule is Cc1ccnc2nc(C(=O)Nc3ncc(Cc4ccc(F)cc4)s3)nn12. The summed E-state index contributed by atoms with van der Waals surface area (Å²) in [5.74, 6) is -0.318. The molecule has 130 valence electrons. The van der Waals surface area contributed by atoms with Crippen molar-refractivity contribution in [2.75, 3.05) is 5.32 Å². The third-order valence-electron chi connectivity index (χ3n) is 3.70. The molecule has 3 heterocycles. The molecule has 26 heavy (non-hydrogen) atoms. The van der Waals surface area contributed by atoms with Crippen molar-refractivity contribution in [3.8, 4) is 0 Å². The highest BCUT2D eigenvalue weighted by Crippen LogP contribution is 2.21. The van der Waals surface area contributed by atoms with Crippen molar-refractivity contribution in [1.82, 2.24) is 24.6 Å². The van der Waals surface area contributed by atoms with E-state index in [-0.39, 0.29) is 11.6 Å². The predicted molar refractivity (Wildman–Crippen MR) is 94.8 cm³/mol. The van der Waals surface area contributed by atoms with Crippen LogP contribution in [-0.2, 0) is 6.42 Å². The third-order valence-corrected chi connectivity index (χ3v) is 4.61. The topological polar surface area (TPSA) is 85.1 Å². The van der Waals surface area contributed by atoms with Gasteiger partial charge in [0.2, 0.25) is 5.82 Å². The number of benzene rings is 1. The fourth-order valence-electron chi connectivity index (χ4n) is 2.41. The molecule has 1 N–H and O–H groups in total. The molecule has 7 nitrogen and oxygen atoms in total. The van der Waals surface area contributed by atoms with Crippen LogP contribution in [0.1, 0.15) is 26.8 Å². The Balaban J connectivity index is 1.48. The highest BCUT2D eigenvalue weighted by atomic mass is 32.1. The van der Waals surface area contributed by atoms with Crippen molar-refractivity contribution in [3.63, 3.8) is 0 Å². The van der Waals surface area contributed by atoms with Crippen LogP contribution in [0.3, 0.4) is 0 Å². The molecule has 9 heteroatoms. The van der Waals surface area contributed by atoms with Gasteiger partial charge in [0.25, 0.3) is 11.7 Å². The number of thiazole rings is 1. The molecule has 0 saturated heterocycles. The minimum atomic E-state index is -0.447. The minimum absolute atomic E-state index is 0.0297. The summed E-state index contributed by atoms with van der Waals surface area (Å²) in [6.07, 6.45) is 3.92. The number of hydrogen-bond acceptors (Lipinski definition) is 6. The van der Waals surface area contributed by atoms with Gasteiger partial charge in [0.05, 0.1) is 0 Å². The molecule has 4 rings (SSSR count). The van der Waals surface area contributed by atoms with E-state index < -0.39 is 5.91 Å². The lowest BCUT2D eigenvalue weighted by atomic mass is 10.1. The number of nitrogens with zero attached hydrogens (tertiary/aromatic N) is 5. The summed E-state index contributed by atoms with van der Waals surface area (Å²) in [6.45, 7) is 1.85. The highest BCUT2D eigenvalue weighted by Gasteiger charge is 2.16. The Morgan fingerprint density at radius 2 is 2.04 bits per heavy atom. The highest BCUT2D eigenvalue weighted by molar-refractivity contribution is 7.15. The molecule has 0 bridgehead atoms. The Bertz CT molecular complexity index is 1090. The molecule has 0 aliphatic rings. The molecular weight excluding hydrogens is 355 g/mol. The first-order chi connectivity index (χ1) is 12.6. The van der Waals surface area contributed by atoms with Crippen LogP contribution in [0.25, 0.3) is 5.78 Å². The third kappa shape index (κ3) is 3.29. The fraction of sp³-hybridized carbons (Fsp3) is 0.118. The number of carbonyl (C=O) groups excluding carboxylic acids is 1. The summed E-state index contributed by atoms with van der Waals surface area (Å²) in [7, 11) is 0. The van der Waals surface area contributed by atoms with Crippen LogP contribution < -0.4 is 5.32 Å². The first kappa shape index (κ1) is 16.3. The van der Waals surface area contributed by atoms with Gasteiger partial charge in [0, 0.05) is 29.4 Å². The molecular formula is C17H13FN6OS. The summed E-state index contributed by atoms with van der Waals surface area (Å²) in [5, 5.41) is 7.31. The van der Waals surface area contributed by atoms with Crippen LogP contribution >= 0.6 is 11.3 Å². The molecule has 0 spiro atoms. The smallest absolute Gasteiger partial charge is 0.295 e. The van der Waals surface area contributed by atoms with Crippen molar-refractivity contribution in [2.45, 2.75) is 13.3 Å². The number of rotatable bonds is 4. The number of hydrogen-bond donors (Lipinski definition) is 1. The van der Waals surface area contributed by atoms with Crippen LogP contribution in [0.4, 0.5) is 9.52 Å². The Morgan fingerprint density at radius 3 is 2.81 bits per heavy atom. The zero-order valence-corrected chi connectivity index (χ0v) is 14.5. The van der Waals surface area contributed by atoms with Gasteiger partial charge >= 0.3 is 0 Å². The molecule has 1 amide bonds. The summed E-state index contributed by atoms with van der Waals surface area (Å²) in [4.78, 5) is 25.7. The molecule has 1 aromatic carbocycles. The van der Waals surface area contributed by atoms with E-state index in [1.54, 1.807) is 30.6 Å². The number of halogens is 1. The first-order valence-corrected chi connectivity index (χ1v) is 8.59. The largest absolute Gasteiger partial charge is 0.297 e. The van der Waals surface area contributed by atoms with Gasteiger partial charge < -0.3 is 0 Å². The zero-order chi connectivity index (χ0) is 18.1. The van der Waals surface area contributed by atoms with E-state index >= 15 is 0 Å². The van der Waals surface area contributed by atoms with Crippen LogP contribution in [0, 0.1) is 12.7 Å². The van der Waals surface area contributed by atoms with Crippen molar-refractivity contribution < 1.29 is 9.18 Å². The van der Waals surface area contributed by atoms with Gasteiger partial charge in [-0.2, -0.15) is 4.98 Å².